The highest BCUT2D eigenvalue weighted by atomic mass is 16.5. The topological polar surface area (TPSA) is 64.3 Å². The maximum Gasteiger partial charge on any atom is 0.224 e. The molecule has 0 aliphatic rings. The molecule has 4 heteroatoms. The first-order valence-corrected chi connectivity index (χ1v) is 5.83. The van der Waals surface area contributed by atoms with E-state index in [2.05, 4.69) is 5.32 Å². The van der Waals surface area contributed by atoms with Gasteiger partial charge in [-0.15, -0.1) is 0 Å². The minimum absolute atomic E-state index is 0.00183. The van der Waals surface area contributed by atoms with Gasteiger partial charge in [0.15, 0.2) is 0 Å². The van der Waals surface area contributed by atoms with E-state index in [1.165, 1.54) is 0 Å². The predicted octanol–water partition coefficient (Wildman–Crippen LogP) is 1.35. The maximum atomic E-state index is 11.7. The first kappa shape index (κ1) is 13.5. The summed E-state index contributed by atoms with van der Waals surface area (Å²) < 4.78 is 5.23. The van der Waals surface area contributed by atoms with Crippen LogP contribution in [0, 0.1) is 0 Å². The standard InChI is InChI=1S/C13H20N2O2/c1-3-17-9-10(2)15-13(16)8-11-4-6-12(14)7-5-11/h4-7,10H,3,8-9,14H2,1-2H3,(H,15,16). The molecular formula is C13H20N2O2. The smallest absolute Gasteiger partial charge is 0.224 e. The van der Waals surface area contributed by atoms with Crippen molar-refractivity contribution in [3.63, 3.8) is 0 Å². The maximum absolute atomic E-state index is 11.7. The molecule has 1 rings (SSSR count). The van der Waals surface area contributed by atoms with Crippen molar-refractivity contribution < 1.29 is 9.53 Å². The van der Waals surface area contributed by atoms with Gasteiger partial charge in [-0.1, -0.05) is 12.1 Å². The SMILES string of the molecule is CCOCC(C)NC(=O)Cc1ccc(N)cc1. The molecule has 0 spiro atoms. The minimum atomic E-state index is 0.00183. The molecule has 0 bridgehead atoms. The average molecular weight is 236 g/mol. The van der Waals surface area contributed by atoms with Crippen molar-refractivity contribution in [3.8, 4) is 0 Å². The normalized spacial score (nSPS) is 12.1. The number of amides is 1. The van der Waals surface area contributed by atoms with Crippen LogP contribution in [0.4, 0.5) is 5.69 Å². The lowest BCUT2D eigenvalue weighted by atomic mass is 10.1. The van der Waals surface area contributed by atoms with E-state index in [9.17, 15) is 4.79 Å². The van der Waals surface area contributed by atoms with Crippen LogP contribution in [0.2, 0.25) is 0 Å². The number of rotatable bonds is 6. The van der Waals surface area contributed by atoms with E-state index >= 15 is 0 Å². The molecule has 17 heavy (non-hydrogen) atoms. The van der Waals surface area contributed by atoms with Crippen molar-refractivity contribution in [1.29, 1.82) is 0 Å². The Bertz CT molecular complexity index is 349. The minimum Gasteiger partial charge on any atom is -0.399 e. The molecule has 4 nitrogen and oxygen atoms in total. The Morgan fingerprint density at radius 2 is 2.06 bits per heavy atom. The van der Waals surface area contributed by atoms with Crippen LogP contribution in [0.25, 0.3) is 0 Å². The summed E-state index contributed by atoms with van der Waals surface area (Å²) in [6.07, 6.45) is 0.372. The molecule has 3 N–H and O–H groups in total. The van der Waals surface area contributed by atoms with Crippen LogP contribution >= 0.6 is 0 Å². The average Bonchev–Trinajstić information content (AvgIpc) is 2.29. The molecule has 0 saturated carbocycles. The first-order valence-electron chi connectivity index (χ1n) is 5.83. The molecule has 0 saturated heterocycles. The fraction of sp³-hybridized carbons (Fsp3) is 0.462. The highest BCUT2D eigenvalue weighted by molar-refractivity contribution is 5.78. The van der Waals surface area contributed by atoms with Gasteiger partial charge in [0.2, 0.25) is 5.91 Å². The molecule has 1 aromatic rings. The van der Waals surface area contributed by atoms with Crippen molar-refractivity contribution >= 4 is 11.6 Å². The summed E-state index contributed by atoms with van der Waals surface area (Å²) in [6.45, 7) is 5.07. The van der Waals surface area contributed by atoms with Crippen LogP contribution in [-0.4, -0.2) is 25.2 Å². The van der Waals surface area contributed by atoms with E-state index in [1.807, 2.05) is 26.0 Å². The van der Waals surface area contributed by atoms with Gasteiger partial charge in [0, 0.05) is 18.3 Å². The monoisotopic (exact) mass is 236 g/mol. The van der Waals surface area contributed by atoms with Gasteiger partial charge in [-0.25, -0.2) is 0 Å². The van der Waals surface area contributed by atoms with Gasteiger partial charge in [0.1, 0.15) is 0 Å². The molecule has 0 aliphatic carbocycles. The number of ether oxygens (including phenoxy) is 1. The lowest BCUT2D eigenvalue weighted by molar-refractivity contribution is -0.121. The second-order valence-electron chi connectivity index (χ2n) is 4.05. The van der Waals surface area contributed by atoms with Crippen LogP contribution < -0.4 is 11.1 Å². The number of carbonyl (C=O) groups excluding carboxylic acids is 1. The molecular weight excluding hydrogens is 216 g/mol. The number of nitrogen functional groups attached to an aromatic ring is 1. The summed E-state index contributed by atoms with van der Waals surface area (Å²) in [5.41, 5.74) is 7.24. The summed E-state index contributed by atoms with van der Waals surface area (Å²) in [4.78, 5) is 11.7. The van der Waals surface area contributed by atoms with Gasteiger partial charge in [0.05, 0.1) is 13.0 Å². The fourth-order valence-corrected chi connectivity index (χ4v) is 1.48. The Balaban J connectivity index is 2.36. The van der Waals surface area contributed by atoms with Crippen molar-refractivity contribution in [3.05, 3.63) is 29.8 Å². The molecule has 0 fully saturated rings. The molecule has 1 unspecified atom stereocenters. The number of hydrogen-bond acceptors (Lipinski definition) is 3. The van der Waals surface area contributed by atoms with Crippen LogP contribution in [0.3, 0.4) is 0 Å². The Morgan fingerprint density at radius 3 is 2.65 bits per heavy atom. The lowest BCUT2D eigenvalue weighted by Crippen LogP contribution is -2.36. The number of anilines is 1. The zero-order chi connectivity index (χ0) is 12.7. The lowest BCUT2D eigenvalue weighted by Gasteiger charge is -2.13. The highest BCUT2D eigenvalue weighted by Crippen LogP contribution is 2.06. The second-order valence-corrected chi connectivity index (χ2v) is 4.05. The zero-order valence-corrected chi connectivity index (χ0v) is 10.4. The molecule has 1 aromatic carbocycles. The van der Waals surface area contributed by atoms with E-state index in [0.29, 0.717) is 25.3 Å². The third-order valence-corrected chi connectivity index (χ3v) is 2.32. The molecule has 94 valence electrons. The Morgan fingerprint density at radius 1 is 1.41 bits per heavy atom. The number of hydrogen-bond donors (Lipinski definition) is 2. The van der Waals surface area contributed by atoms with Crippen LogP contribution in [0.5, 0.6) is 0 Å². The Kier molecular flexibility index (Phi) is 5.49. The Hall–Kier alpha value is -1.55. The summed E-state index contributed by atoms with van der Waals surface area (Å²) >= 11 is 0. The predicted molar refractivity (Wildman–Crippen MR) is 68.7 cm³/mol. The number of nitrogens with one attached hydrogen (secondary N) is 1. The highest BCUT2D eigenvalue weighted by Gasteiger charge is 2.07. The summed E-state index contributed by atoms with van der Waals surface area (Å²) in [6, 6.07) is 7.36. The van der Waals surface area contributed by atoms with E-state index < -0.39 is 0 Å². The van der Waals surface area contributed by atoms with Gasteiger partial charge in [0.25, 0.3) is 0 Å². The largest absolute Gasteiger partial charge is 0.399 e. The zero-order valence-electron chi connectivity index (χ0n) is 10.4. The van der Waals surface area contributed by atoms with E-state index in [4.69, 9.17) is 10.5 Å². The molecule has 1 amide bonds. The van der Waals surface area contributed by atoms with E-state index in [0.717, 1.165) is 5.56 Å². The van der Waals surface area contributed by atoms with Crippen molar-refractivity contribution in [2.75, 3.05) is 18.9 Å². The van der Waals surface area contributed by atoms with Gasteiger partial charge < -0.3 is 15.8 Å². The molecule has 0 aromatic heterocycles. The fourth-order valence-electron chi connectivity index (χ4n) is 1.48. The van der Waals surface area contributed by atoms with Crippen LogP contribution in [0.1, 0.15) is 19.4 Å². The molecule has 0 aliphatic heterocycles. The molecule has 1 atom stereocenters. The van der Waals surface area contributed by atoms with Crippen molar-refractivity contribution in [1.82, 2.24) is 5.32 Å². The molecule has 0 heterocycles. The quantitative estimate of drug-likeness (QED) is 0.733. The van der Waals surface area contributed by atoms with Gasteiger partial charge in [-0.05, 0) is 31.5 Å². The molecule has 0 radical (unpaired) electrons. The number of carbonyl (C=O) groups is 1. The van der Waals surface area contributed by atoms with E-state index in [1.54, 1.807) is 12.1 Å². The van der Waals surface area contributed by atoms with E-state index in [-0.39, 0.29) is 11.9 Å². The Labute approximate surface area is 102 Å². The van der Waals surface area contributed by atoms with Gasteiger partial charge >= 0.3 is 0 Å². The third kappa shape index (κ3) is 5.36. The first-order chi connectivity index (χ1) is 8.11. The van der Waals surface area contributed by atoms with Gasteiger partial charge in [-0.2, -0.15) is 0 Å². The second kappa shape index (κ2) is 6.91. The van der Waals surface area contributed by atoms with Crippen molar-refractivity contribution in [2.45, 2.75) is 26.3 Å². The van der Waals surface area contributed by atoms with Crippen LogP contribution in [0.15, 0.2) is 24.3 Å². The van der Waals surface area contributed by atoms with Crippen molar-refractivity contribution in [2.24, 2.45) is 0 Å². The number of benzene rings is 1. The summed E-state index contributed by atoms with van der Waals surface area (Å²) in [5, 5.41) is 2.88. The van der Waals surface area contributed by atoms with Crippen LogP contribution in [-0.2, 0) is 16.0 Å². The van der Waals surface area contributed by atoms with Gasteiger partial charge in [-0.3, -0.25) is 4.79 Å². The number of nitrogens with two attached hydrogens (primary N) is 1. The summed E-state index contributed by atoms with van der Waals surface area (Å²) in [5.74, 6) is 0.00183. The summed E-state index contributed by atoms with van der Waals surface area (Å²) in [7, 11) is 0. The third-order valence-electron chi connectivity index (χ3n) is 2.32.